The highest BCUT2D eigenvalue weighted by molar-refractivity contribution is 6.31. The van der Waals surface area contributed by atoms with E-state index >= 15 is 0 Å². The van der Waals surface area contributed by atoms with Crippen LogP contribution in [0.1, 0.15) is 10.4 Å². The Balaban J connectivity index is 1.46. The molecule has 0 unspecified atom stereocenters. The van der Waals surface area contributed by atoms with Crippen LogP contribution in [0.25, 0.3) is 11.1 Å². The number of amides is 2. The Morgan fingerprint density at radius 2 is 1.41 bits per heavy atom. The summed E-state index contributed by atoms with van der Waals surface area (Å²) < 4.78 is 18.1. The summed E-state index contributed by atoms with van der Waals surface area (Å²) in [4.78, 5) is 35.3. The molecule has 0 heterocycles. The van der Waals surface area contributed by atoms with E-state index in [9.17, 15) is 23.9 Å². The fourth-order valence-electron chi connectivity index (χ4n) is 2.81. The molecule has 164 valence electrons. The third-order valence-corrected chi connectivity index (χ3v) is 4.53. The number of hydrogen-bond donors (Lipinski definition) is 3. The van der Waals surface area contributed by atoms with Crippen LogP contribution >= 0.6 is 11.6 Å². The molecule has 3 aromatic carbocycles. The monoisotopic (exact) mass is 456 g/mol. The number of hydrogen-bond acceptors (Lipinski definition) is 4. The van der Waals surface area contributed by atoms with Crippen LogP contribution in [0.4, 0.5) is 15.8 Å². The minimum Gasteiger partial charge on any atom is -0.478 e. The minimum absolute atomic E-state index is 0.0706. The van der Waals surface area contributed by atoms with Crippen molar-refractivity contribution >= 4 is 40.8 Å². The van der Waals surface area contributed by atoms with Gasteiger partial charge in [0, 0.05) is 10.7 Å². The Kier molecular flexibility index (Phi) is 7.54. The van der Waals surface area contributed by atoms with Crippen molar-refractivity contribution in [2.24, 2.45) is 0 Å². The van der Waals surface area contributed by atoms with E-state index < -0.39 is 24.4 Å². The molecule has 0 bridgehead atoms. The minimum atomic E-state index is -1.24. The molecule has 0 spiro atoms. The predicted octanol–water partition coefficient (Wildman–Crippen LogP) is 4.44. The topological polar surface area (TPSA) is 105 Å². The van der Waals surface area contributed by atoms with Crippen molar-refractivity contribution in [3.05, 3.63) is 83.1 Å². The molecule has 0 fully saturated rings. The SMILES string of the molecule is O=C(COCC(=O)Nc1ccc(Cl)cc1C(=O)O)Nc1ccc(-c2ccc(F)cc2)cc1. The molecule has 2 amide bonds. The van der Waals surface area contributed by atoms with Crippen molar-refractivity contribution in [2.45, 2.75) is 0 Å². The van der Waals surface area contributed by atoms with Gasteiger partial charge < -0.3 is 20.5 Å². The lowest BCUT2D eigenvalue weighted by molar-refractivity contribution is -0.125. The van der Waals surface area contributed by atoms with E-state index in [1.54, 1.807) is 36.4 Å². The Labute approximate surface area is 187 Å². The van der Waals surface area contributed by atoms with Gasteiger partial charge in [-0.3, -0.25) is 9.59 Å². The summed E-state index contributed by atoms with van der Waals surface area (Å²) in [5, 5.41) is 14.4. The Bertz CT molecular complexity index is 1130. The highest BCUT2D eigenvalue weighted by atomic mass is 35.5. The molecule has 0 atom stereocenters. The van der Waals surface area contributed by atoms with E-state index in [2.05, 4.69) is 10.6 Å². The third kappa shape index (κ3) is 6.37. The van der Waals surface area contributed by atoms with Gasteiger partial charge in [0.05, 0.1) is 11.3 Å². The van der Waals surface area contributed by atoms with Crippen molar-refractivity contribution < 1.29 is 28.6 Å². The maximum absolute atomic E-state index is 13.0. The fourth-order valence-corrected chi connectivity index (χ4v) is 2.98. The lowest BCUT2D eigenvalue weighted by atomic mass is 10.1. The molecule has 0 aliphatic carbocycles. The van der Waals surface area contributed by atoms with Gasteiger partial charge >= 0.3 is 5.97 Å². The molecule has 9 heteroatoms. The number of anilines is 2. The summed E-state index contributed by atoms with van der Waals surface area (Å²) in [7, 11) is 0. The van der Waals surface area contributed by atoms with E-state index in [0.717, 1.165) is 11.1 Å². The van der Waals surface area contributed by atoms with E-state index in [0.29, 0.717) is 5.69 Å². The van der Waals surface area contributed by atoms with E-state index in [1.165, 1.54) is 30.3 Å². The van der Waals surface area contributed by atoms with Crippen LogP contribution < -0.4 is 10.6 Å². The second-order valence-corrected chi connectivity index (χ2v) is 7.10. The number of rotatable bonds is 8. The molecule has 0 aliphatic heterocycles. The lowest BCUT2D eigenvalue weighted by Gasteiger charge is -2.10. The average molecular weight is 457 g/mol. The Hall–Kier alpha value is -3.75. The molecular weight excluding hydrogens is 439 g/mol. The molecule has 0 saturated carbocycles. The van der Waals surface area contributed by atoms with Crippen LogP contribution in [-0.4, -0.2) is 36.1 Å². The lowest BCUT2D eigenvalue weighted by Crippen LogP contribution is -2.24. The standard InChI is InChI=1S/C23H18ClFN2O5/c24-16-5-10-20(19(11-16)23(30)31)27-22(29)13-32-12-21(28)26-18-8-3-15(4-9-18)14-1-6-17(25)7-2-14/h1-11H,12-13H2,(H,26,28)(H,27,29)(H,30,31). The van der Waals surface area contributed by atoms with Crippen molar-refractivity contribution in [3.63, 3.8) is 0 Å². The van der Waals surface area contributed by atoms with E-state index in [-0.39, 0.29) is 28.7 Å². The smallest absolute Gasteiger partial charge is 0.337 e. The first-order valence-electron chi connectivity index (χ1n) is 9.38. The Morgan fingerprint density at radius 3 is 2.00 bits per heavy atom. The number of carboxylic acids is 1. The van der Waals surface area contributed by atoms with Crippen LogP contribution in [0.2, 0.25) is 5.02 Å². The number of carbonyl (C=O) groups excluding carboxylic acids is 2. The van der Waals surface area contributed by atoms with Crippen LogP contribution in [-0.2, 0) is 14.3 Å². The molecule has 0 radical (unpaired) electrons. The van der Waals surface area contributed by atoms with Gasteiger partial charge in [-0.1, -0.05) is 35.9 Å². The van der Waals surface area contributed by atoms with Crippen molar-refractivity contribution in [1.29, 1.82) is 0 Å². The van der Waals surface area contributed by atoms with E-state index in [1.807, 2.05) is 0 Å². The van der Waals surface area contributed by atoms with Gasteiger partial charge in [0.2, 0.25) is 11.8 Å². The third-order valence-electron chi connectivity index (χ3n) is 4.30. The second kappa shape index (κ2) is 10.5. The zero-order chi connectivity index (χ0) is 23.1. The number of aromatic carboxylic acids is 1. The van der Waals surface area contributed by atoms with Gasteiger partial charge in [-0.2, -0.15) is 0 Å². The van der Waals surface area contributed by atoms with Crippen LogP contribution in [0.15, 0.2) is 66.7 Å². The quantitative estimate of drug-likeness (QED) is 0.465. The van der Waals surface area contributed by atoms with Gasteiger partial charge in [-0.05, 0) is 53.6 Å². The first-order valence-corrected chi connectivity index (χ1v) is 9.76. The Morgan fingerprint density at radius 1 is 0.844 bits per heavy atom. The highest BCUT2D eigenvalue weighted by Crippen LogP contribution is 2.22. The fraction of sp³-hybridized carbons (Fsp3) is 0.0870. The molecule has 32 heavy (non-hydrogen) atoms. The molecule has 0 aromatic heterocycles. The normalized spacial score (nSPS) is 10.4. The first-order chi connectivity index (χ1) is 15.3. The predicted molar refractivity (Wildman–Crippen MR) is 118 cm³/mol. The maximum Gasteiger partial charge on any atom is 0.337 e. The number of carbonyl (C=O) groups is 3. The van der Waals surface area contributed by atoms with Gasteiger partial charge in [-0.25, -0.2) is 9.18 Å². The van der Waals surface area contributed by atoms with Crippen LogP contribution in [0.3, 0.4) is 0 Å². The van der Waals surface area contributed by atoms with Gasteiger partial charge in [0.25, 0.3) is 0 Å². The number of nitrogens with one attached hydrogen (secondary N) is 2. The largest absolute Gasteiger partial charge is 0.478 e. The summed E-state index contributed by atoms with van der Waals surface area (Å²) in [5.41, 5.74) is 2.14. The zero-order valence-corrected chi connectivity index (χ0v) is 17.4. The summed E-state index contributed by atoms with van der Waals surface area (Å²) in [6, 6.07) is 17.0. The number of carboxylic acid groups (broad SMARTS) is 1. The maximum atomic E-state index is 13.0. The molecular formula is C23H18ClFN2O5. The summed E-state index contributed by atoms with van der Waals surface area (Å²) >= 11 is 5.77. The molecule has 3 rings (SSSR count). The molecule has 7 nitrogen and oxygen atoms in total. The first kappa shape index (κ1) is 22.9. The van der Waals surface area contributed by atoms with Crippen molar-refractivity contribution in [2.75, 3.05) is 23.8 Å². The summed E-state index contributed by atoms with van der Waals surface area (Å²) in [6.45, 7) is -0.821. The average Bonchev–Trinajstić information content (AvgIpc) is 2.76. The molecule has 3 aromatic rings. The van der Waals surface area contributed by atoms with Crippen molar-refractivity contribution in [3.8, 4) is 11.1 Å². The van der Waals surface area contributed by atoms with Gasteiger partial charge in [0.15, 0.2) is 0 Å². The van der Waals surface area contributed by atoms with Gasteiger partial charge in [0.1, 0.15) is 19.0 Å². The van der Waals surface area contributed by atoms with Crippen LogP contribution in [0, 0.1) is 5.82 Å². The summed E-state index contributed by atoms with van der Waals surface area (Å²) in [6.07, 6.45) is 0. The second-order valence-electron chi connectivity index (χ2n) is 6.67. The highest BCUT2D eigenvalue weighted by Gasteiger charge is 2.14. The number of ether oxygens (including phenoxy) is 1. The number of halogens is 2. The molecule has 0 saturated heterocycles. The summed E-state index contributed by atoms with van der Waals surface area (Å²) in [5.74, 6) is -2.65. The zero-order valence-electron chi connectivity index (χ0n) is 16.6. The van der Waals surface area contributed by atoms with Crippen LogP contribution in [0.5, 0.6) is 0 Å². The molecule has 0 aliphatic rings. The van der Waals surface area contributed by atoms with Crippen molar-refractivity contribution in [1.82, 2.24) is 0 Å². The molecule has 3 N–H and O–H groups in total. The number of benzene rings is 3. The van der Waals surface area contributed by atoms with E-state index in [4.69, 9.17) is 16.3 Å². The van der Waals surface area contributed by atoms with Gasteiger partial charge in [-0.15, -0.1) is 0 Å².